The van der Waals surface area contributed by atoms with Crippen molar-refractivity contribution in [2.45, 2.75) is 25.4 Å². The maximum Gasteiger partial charge on any atom is 0.293 e. The van der Waals surface area contributed by atoms with E-state index in [2.05, 4.69) is 44.8 Å². The van der Waals surface area contributed by atoms with Crippen molar-refractivity contribution < 1.29 is 0 Å². The second-order valence-corrected chi connectivity index (χ2v) is 7.50. The van der Waals surface area contributed by atoms with Gasteiger partial charge < -0.3 is 14.8 Å². The van der Waals surface area contributed by atoms with Gasteiger partial charge in [-0.3, -0.25) is 4.79 Å². The molecule has 1 aromatic carbocycles. The van der Waals surface area contributed by atoms with Crippen LogP contribution in [0.5, 0.6) is 0 Å². The molecule has 1 N–H and O–H groups in total. The maximum absolute atomic E-state index is 12.3. The van der Waals surface area contributed by atoms with Crippen LogP contribution >= 0.6 is 11.3 Å². The standard InChI is InChI=1S/C19H22N4OS/c1-22-10-8-20-18(19(22)24)23-9-4-5-15(12-23)21-11-14-13-25-17-7-3-2-6-16(14)17/h2-3,6-8,10,13,15,21H,4-5,9,11-12H2,1H3. The van der Waals surface area contributed by atoms with Crippen LogP contribution in [-0.2, 0) is 13.6 Å². The molecule has 0 amide bonds. The van der Waals surface area contributed by atoms with Gasteiger partial charge >= 0.3 is 0 Å². The van der Waals surface area contributed by atoms with Crippen molar-refractivity contribution in [2.75, 3.05) is 18.0 Å². The van der Waals surface area contributed by atoms with E-state index in [4.69, 9.17) is 0 Å². The van der Waals surface area contributed by atoms with Gasteiger partial charge in [0.25, 0.3) is 5.56 Å². The van der Waals surface area contributed by atoms with Crippen LogP contribution in [0.3, 0.4) is 0 Å². The molecule has 1 saturated heterocycles. The summed E-state index contributed by atoms with van der Waals surface area (Å²) >= 11 is 1.80. The average molecular weight is 354 g/mol. The van der Waals surface area contributed by atoms with E-state index in [9.17, 15) is 4.79 Å². The van der Waals surface area contributed by atoms with Crippen molar-refractivity contribution >= 4 is 27.2 Å². The van der Waals surface area contributed by atoms with Crippen LogP contribution in [0, 0.1) is 0 Å². The highest BCUT2D eigenvalue weighted by atomic mass is 32.1. The van der Waals surface area contributed by atoms with E-state index in [1.807, 2.05) is 0 Å². The Morgan fingerprint density at radius 3 is 3.16 bits per heavy atom. The number of benzene rings is 1. The number of anilines is 1. The third kappa shape index (κ3) is 3.32. The van der Waals surface area contributed by atoms with Gasteiger partial charge in [-0.1, -0.05) is 18.2 Å². The molecule has 0 saturated carbocycles. The molecule has 0 aliphatic carbocycles. The van der Waals surface area contributed by atoms with E-state index in [1.54, 1.807) is 35.3 Å². The summed E-state index contributed by atoms with van der Waals surface area (Å²) in [5.41, 5.74) is 1.33. The van der Waals surface area contributed by atoms with Crippen LogP contribution in [0.1, 0.15) is 18.4 Å². The van der Waals surface area contributed by atoms with Gasteiger partial charge in [-0.05, 0) is 35.2 Å². The molecule has 4 rings (SSSR count). The summed E-state index contributed by atoms with van der Waals surface area (Å²) in [4.78, 5) is 18.7. The van der Waals surface area contributed by atoms with Gasteiger partial charge in [-0.2, -0.15) is 0 Å². The Bertz CT molecular complexity index is 932. The zero-order chi connectivity index (χ0) is 17.2. The average Bonchev–Trinajstić information content (AvgIpc) is 3.06. The van der Waals surface area contributed by atoms with Crippen LogP contribution in [0.2, 0.25) is 0 Å². The molecule has 25 heavy (non-hydrogen) atoms. The minimum atomic E-state index is -0.0213. The number of piperidine rings is 1. The summed E-state index contributed by atoms with van der Waals surface area (Å²) in [6.07, 6.45) is 5.60. The fraction of sp³-hybridized carbons (Fsp3) is 0.368. The van der Waals surface area contributed by atoms with Crippen molar-refractivity contribution in [1.29, 1.82) is 0 Å². The van der Waals surface area contributed by atoms with Crippen molar-refractivity contribution in [2.24, 2.45) is 7.05 Å². The molecule has 0 radical (unpaired) electrons. The number of aromatic nitrogens is 2. The summed E-state index contributed by atoms with van der Waals surface area (Å²) in [5, 5.41) is 7.26. The molecule has 2 aromatic heterocycles. The highest BCUT2D eigenvalue weighted by molar-refractivity contribution is 7.17. The van der Waals surface area contributed by atoms with Crippen LogP contribution in [0.4, 0.5) is 5.82 Å². The number of fused-ring (bicyclic) bond motifs is 1. The summed E-state index contributed by atoms with van der Waals surface area (Å²) in [6, 6.07) is 8.91. The quantitative estimate of drug-likeness (QED) is 0.783. The van der Waals surface area contributed by atoms with Crippen LogP contribution in [0.25, 0.3) is 10.1 Å². The van der Waals surface area contributed by atoms with Crippen LogP contribution < -0.4 is 15.8 Å². The SMILES string of the molecule is Cn1ccnc(N2CCCC(NCc3csc4ccccc34)C2)c1=O. The minimum absolute atomic E-state index is 0.0213. The predicted molar refractivity (Wildman–Crippen MR) is 103 cm³/mol. The first kappa shape index (κ1) is 16.3. The predicted octanol–water partition coefficient (Wildman–Crippen LogP) is 2.75. The number of aryl methyl sites for hydroxylation is 1. The van der Waals surface area contributed by atoms with Crippen molar-refractivity contribution in [3.05, 3.63) is 58.0 Å². The van der Waals surface area contributed by atoms with Crippen molar-refractivity contribution in [1.82, 2.24) is 14.9 Å². The van der Waals surface area contributed by atoms with E-state index in [0.717, 1.165) is 32.5 Å². The summed E-state index contributed by atoms with van der Waals surface area (Å²) in [7, 11) is 1.77. The summed E-state index contributed by atoms with van der Waals surface area (Å²) < 4.78 is 2.93. The molecule has 0 bridgehead atoms. The third-order valence-corrected chi connectivity index (χ3v) is 5.87. The summed E-state index contributed by atoms with van der Waals surface area (Å²) in [6.45, 7) is 2.59. The molecule has 3 aromatic rings. The first-order valence-corrected chi connectivity index (χ1v) is 9.55. The Labute approximate surface area is 150 Å². The molecule has 6 heteroatoms. The van der Waals surface area contributed by atoms with E-state index in [0.29, 0.717) is 11.9 Å². The van der Waals surface area contributed by atoms with Gasteiger partial charge in [0.15, 0.2) is 5.82 Å². The Balaban J connectivity index is 1.45. The molecule has 1 fully saturated rings. The fourth-order valence-electron chi connectivity index (χ4n) is 3.46. The normalized spacial score (nSPS) is 18.0. The lowest BCUT2D eigenvalue weighted by molar-refractivity contribution is 0.419. The second kappa shape index (κ2) is 6.98. The van der Waals surface area contributed by atoms with Gasteiger partial charge in [0, 0.05) is 49.8 Å². The van der Waals surface area contributed by atoms with Crippen LogP contribution in [-0.4, -0.2) is 28.7 Å². The number of hydrogen-bond acceptors (Lipinski definition) is 5. The summed E-state index contributed by atoms with van der Waals surface area (Å²) in [5.74, 6) is 0.567. The van der Waals surface area contributed by atoms with E-state index in [-0.39, 0.29) is 5.56 Å². The smallest absolute Gasteiger partial charge is 0.293 e. The lowest BCUT2D eigenvalue weighted by atomic mass is 10.1. The highest BCUT2D eigenvalue weighted by Gasteiger charge is 2.22. The lowest BCUT2D eigenvalue weighted by Gasteiger charge is -2.33. The number of thiophene rings is 1. The van der Waals surface area contributed by atoms with Gasteiger partial charge in [0.1, 0.15) is 0 Å². The second-order valence-electron chi connectivity index (χ2n) is 6.59. The van der Waals surface area contributed by atoms with Crippen molar-refractivity contribution in [3.63, 3.8) is 0 Å². The number of hydrogen-bond donors (Lipinski definition) is 1. The molecule has 3 heterocycles. The molecule has 130 valence electrons. The largest absolute Gasteiger partial charge is 0.350 e. The fourth-order valence-corrected chi connectivity index (χ4v) is 4.42. The van der Waals surface area contributed by atoms with Crippen LogP contribution in [0.15, 0.2) is 46.8 Å². The molecule has 1 unspecified atom stereocenters. The van der Waals surface area contributed by atoms with E-state index >= 15 is 0 Å². The first-order chi connectivity index (χ1) is 12.2. The maximum atomic E-state index is 12.3. The van der Waals surface area contributed by atoms with Crippen molar-refractivity contribution in [3.8, 4) is 0 Å². The number of nitrogens with one attached hydrogen (secondary N) is 1. The molecule has 1 aliphatic heterocycles. The third-order valence-electron chi connectivity index (χ3n) is 4.86. The Kier molecular flexibility index (Phi) is 4.55. The van der Waals surface area contributed by atoms with E-state index in [1.165, 1.54) is 15.6 Å². The lowest BCUT2D eigenvalue weighted by Crippen LogP contribution is -2.47. The van der Waals surface area contributed by atoms with Gasteiger partial charge in [0.05, 0.1) is 0 Å². The first-order valence-electron chi connectivity index (χ1n) is 8.67. The topological polar surface area (TPSA) is 50.2 Å². The van der Waals surface area contributed by atoms with Gasteiger partial charge in [0.2, 0.25) is 0 Å². The molecule has 1 aliphatic rings. The Morgan fingerprint density at radius 2 is 2.24 bits per heavy atom. The number of rotatable bonds is 4. The zero-order valence-corrected chi connectivity index (χ0v) is 15.1. The Hall–Kier alpha value is -2.18. The van der Waals surface area contributed by atoms with E-state index < -0.39 is 0 Å². The van der Waals surface area contributed by atoms with Gasteiger partial charge in [-0.25, -0.2) is 4.98 Å². The highest BCUT2D eigenvalue weighted by Crippen LogP contribution is 2.25. The zero-order valence-electron chi connectivity index (χ0n) is 14.3. The molecular weight excluding hydrogens is 332 g/mol. The Morgan fingerprint density at radius 1 is 1.36 bits per heavy atom. The molecule has 5 nitrogen and oxygen atoms in total. The molecule has 1 atom stereocenters. The minimum Gasteiger partial charge on any atom is -0.350 e. The molecule has 0 spiro atoms. The number of nitrogens with zero attached hydrogens (tertiary/aromatic N) is 3. The molecular formula is C19H22N4OS. The monoisotopic (exact) mass is 354 g/mol. The van der Waals surface area contributed by atoms with Gasteiger partial charge in [-0.15, -0.1) is 11.3 Å².